The van der Waals surface area contributed by atoms with Gasteiger partial charge in [0.1, 0.15) is 11.5 Å². The Kier molecular flexibility index (Phi) is 9.98. The quantitative estimate of drug-likeness (QED) is 0.209. The highest BCUT2D eigenvalue weighted by atomic mass is 31.1. The highest BCUT2D eigenvalue weighted by Gasteiger charge is 2.18. The SMILES string of the molecule is C=CCc1ccc(O)c(-c2cc(CC=C)ccc2OCC(C[PH2+]c2ccccc2)CC(C)C)c1. The molecule has 0 heterocycles. The van der Waals surface area contributed by atoms with Crippen molar-refractivity contribution in [3.05, 3.63) is 103 Å². The maximum atomic E-state index is 10.7. The van der Waals surface area contributed by atoms with E-state index < -0.39 is 0 Å². The zero-order valence-corrected chi connectivity index (χ0v) is 21.7. The summed E-state index contributed by atoms with van der Waals surface area (Å²) in [6, 6.07) is 22.8. The van der Waals surface area contributed by atoms with E-state index in [0.717, 1.165) is 47.3 Å². The van der Waals surface area contributed by atoms with Crippen molar-refractivity contribution in [3.63, 3.8) is 0 Å². The normalized spacial score (nSPS) is 12.2. The number of aromatic hydroxyl groups is 1. The lowest BCUT2D eigenvalue weighted by Gasteiger charge is -2.20. The number of hydrogen-bond donors (Lipinski definition) is 1. The van der Waals surface area contributed by atoms with Crippen molar-refractivity contribution in [2.75, 3.05) is 12.8 Å². The van der Waals surface area contributed by atoms with Crippen molar-refractivity contribution in [1.29, 1.82) is 0 Å². The van der Waals surface area contributed by atoms with Crippen LogP contribution in [0.3, 0.4) is 0 Å². The van der Waals surface area contributed by atoms with Crippen molar-refractivity contribution in [2.45, 2.75) is 33.1 Å². The Bertz CT molecular complexity index is 1070. The lowest BCUT2D eigenvalue weighted by Crippen LogP contribution is -2.18. The van der Waals surface area contributed by atoms with Gasteiger partial charge >= 0.3 is 0 Å². The van der Waals surface area contributed by atoms with E-state index in [0.29, 0.717) is 18.4 Å². The number of ether oxygens (including phenoxy) is 1. The summed E-state index contributed by atoms with van der Waals surface area (Å²) in [4.78, 5) is 0. The van der Waals surface area contributed by atoms with E-state index in [1.54, 1.807) is 6.07 Å². The number of phenols is 1. The average Bonchev–Trinajstić information content (AvgIpc) is 2.83. The van der Waals surface area contributed by atoms with Gasteiger partial charge in [-0.25, -0.2) is 0 Å². The van der Waals surface area contributed by atoms with Gasteiger partial charge in [0.15, 0.2) is 0 Å². The van der Waals surface area contributed by atoms with E-state index in [1.165, 1.54) is 11.5 Å². The van der Waals surface area contributed by atoms with E-state index in [2.05, 4.69) is 69.5 Å². The van der Waals surface area contributed by atoms with Gasteiger partial charge in [-0.3, -0.25) is 0 Å². The highest BCUT2D eigenvalue weighted by Crippen LogP contribution is 2.38. The summed E-state index contributed by atoms with van der Waals surface area (Å²) < 4.78 is 6.49. The Morgan fingerprint density at radius 3 is 2.18 bits per heavy atom. The van der Waals surface area contributed by atoms with E-state index in [1.807, 2.05) is 30.4 Å². The van der Waals surface area contributed by atoms with Crippen molar-refractivity contribution >= 4 is 13.9 Å². The van der Waals surface area contributed by atoms with E-state index in [9.17, 15) is 5.11 Å². The van der Waals surface area contributed by atoms with E-state index >= 15 is 0 Å². The predicted octanol–water partition coefficient (Wildman–Crippen LogP) is 7.29. The summed E-state index contributed by atoms with van der Waals surface area (Å²) in [7, 11) is 0.221. The summed E-state index contributed by atoms with van der Waals surface area (Å²) in [6.45, 7) is 13.0. The molecular formula is C31H38O2P+. The van der Waals surface area contributed by atoms with Gasteiger partial charge in [0.05, 0.1) is 18.1 Å². The highest BCUT2D eigenvalue weighted by molar-refractivity contribution is 7.47. The van der Waals surface area contributed by atoms with Crippen LogP contribution in [-0.2, 0) is 12.8 Å². The van der Waals surface area contributed by atoms with Crippen molar-refractivity contribution in [3.8, 4) is 22.6 Å². The molecule has 0 saturated heterocycles. The Balaban J connectivity index is 1.85. The van der Waals surface area contributed by atoms with Crippen LogP contribution >= 0.6 is 8.58 Å². The van der Waals surface area contributed by atoms with Crippen molar-refractivity contribution in [2.24, 2.45) is 11.8 Å². The van der Waals surface area contributed by atoms with Gasteiger partial charge in [-0.05, 0) is 72.7 Å². The first-order valence-corrected chi connectivity index (χ1v) is 13.6. The molecule has 0 spiro atoms. The van der Waals surface area contributed by atoms with E-state index in [4.69, 9.17) is 4.74 Å². The van der Waals surface area contributed by atoms with Gasteiger partial charge in [-0.2, -0.15) is 0 Å². The third-order valence-corrected chi connectivity index (χ3v) is 7.68. The molecule has 0 aliphatic carbocycles. The lowest BCUT2D eigenvalue weighted by atomic mass is 9.97. The monoisotopic (exact) mass is 473 g/mol. The molecule has 3 heteroatoms. The molecule has 2 nitrogen and oxygen atoms in total. The summed E-state index contributed by atoms with van der Waals surface area (Å²) in [5.74, 6) is 2.21. The van der Waals surface area contributed by atoms with Crippen molar-refractivity contribution < 1.29 is 9.84 Å². The van der Waals surface area contributed by atoms with Crippen LogP contribution in [-0.4, -0.2) is 17.9 Å². The lowest BCUT2D eigenvalue weighted by molar-refractivity contribution is 0.242. The molecule has 178 valence electrons. The minimum atomic E-state index is 0.221. The zero-order chi connectivity index (χ0) is 24.3. The number of rotatable bonds is 13. The van der Waals surface area contributed by atoms with Crippen LogP contribution in [0.5, 0.6) is 11.5 Å². The molecule has 2 atom stereocenters. The second kappa shape index (κ2) is 13.2. The second-order valence-electron chi connectivity index (χ2n) is 9.32. The molecule has 3 aromatic rings. The molecule has 0 fully saturated rings. The first kappa shape index (κ1) is 25.8. The summed E-state index contributed by atoms with van der Waals surface area (Å²) in [5.41, 5.74) is 4.00. The minimum Gasteiger partial charge on any atom is -0.507 e. The number of phenolic OH excluding ortho intramolecular Hbond substituents is 1. The molecule has 0 aliphatic rings. The standard InChI is InChI=1S/C31H37O2P/c1-5-10-24-14-16-30(32)28(19-24)29-20-25(11-6-2)15-17-31(29)33-21-26(18-23(3)4)22-34-27-12-8-7-9-13-27/h5-9,12-17,19-20,23,26,32,34H,1-2,10-11,18,21-22H2,3-4H3/p+1. The third kappa shape index (κ3) is 7.61. The number of benzene rings is 3. The second-order valence-corrected chi connectivity index (χ2v) is 10.9. The van der Waals surface area contributed by atoms with E-state index in [-0.39, 0.29) is 14.3 Å². The van der Waals surface area contributed by atoms with Gasteiger partial charge in [0, 0.05) is 25.6 Å². The summed E-state index contributed by atoms with van der Waals surface area (Å²) >= 11 is 0. The number of hydrogen-bond acceptors (Lipinski definition) is 2. The Morgan fingerprint density at radius 2 is 1.53 bits per heavy atom. The Hall–Kier alpha value is -2.83. The molecule has 0 saturated carbocycles. The maximum absolute atomic E-state index is 10.7. The van der Waals surface area contributed by atoms with Crippen LogP contribution in [0.1, 0.15) is 31.4 Å². The number of allylic oxidation sites excluding steroid dienone is 2. The van der Waals surface area contributed by atoms with Crippen LogP contribution in [0, 0.1) is 11.8 Å². The molecular weight excluding hydrogens is 435 g/mol. The average molecular weight is 474 g/mol. The first-order chi connectivity index (χ1) is 16.5. The van der Waals surface area contributed by atoms with Gasteiger partial charge in [0.2, 0.25) is 0 Å². The Labute approximate surface area is 207 Å². The molecule has 0 amide bonds. The predicted molar refractivity (Wildman–Crippen MR) is 150 cm³/mol. The van der Waals surface area contributed by atoms with Crippen LogP contribution in [0.25, 0.3) is 11.1 Å². The van der Waals surface area contributed by atoms with Crippen molar-refractivity contribution in [1.82, 2.24) is 0 Å². The third-order valence-electron chi connectivity index (χ3n) is 5.92. The fourth-order valence-electron chi connectivity index (χ4n) is 4.30. The zero-order valence-electron chi connectivity index (χ0n) is 20.5. The molecule has 0 aliphatic heterocycles. The summed E-state index contributed by atoms with van der Waals surface area (Å²) in [6.07, 6.45) is 7.63. The maximum Gasteiger partial charge on any atom is 0.127 e. The fraction of sp³-hybridized carbons (Fsp3) is 0.290. The van der Waals surface area contributed by atoms with Gasteiger partial charge in [0.25, 0.3) is 0 Å². The molecule has 1 N–H and O–H groups in total. The van der Waals surface area contributed by atoms with Gasteiger partial charge in [-0.15, -0.1) is 13.2 Å². The molecule has 3 rings (SSSR count). The minimum absolute atomic E-state index is 0.221. The van der Waals surface area contributed by atoms with Crippen LogP contribution in [0.2, 0.25) is 0 Å². The molecule has 0 radical (unpaired) electrons. The molecule has 2 unspecified atom stereocenters. The topological polar surface area (TPSA) is 29.5 Å². The smallest absolute Gasteiger partial charge is 0.127 e. The van der Waals surface area contributed by atoms with Crippen LogP contribution < -0.4 is 10.0 Å². The molecule has 0 bridgehead atoms. The van der Waals surface area contributed by atoms with Gasteiger partial charge in [-0.1, -0.05) is 56.3 Å². The molecule has 3 aromatic carbocycles. The fourth-order valence-corrected chi connectivity index (χ4v) is 5.73. The Morgan fingerprint density at radius 1 is 0.882 bits per heavy atom. The largest absolute Gasteiger partial charge is 0.507 e. The molecule has 0 aromatic heterocycles. The molecule has 34 heavy (non-hydrogen) atoms. The van der Waals surface area contributed by atoms with Gasteiger partial charge < -0.3 is 9.84 Å². The van der Waals surface area contributed by atoms with Crippen LogP contribution in [0.15, 0.2) is 92.0 Å². The first-order valence-electron chi connectivity index (χ1n) is 12.2. The van der Waals surface area contributed by atoms with Crippen LogP contribution in [0.4, 0.5) is 0 Å². The summed E-state index contributed by atoms with van der Waals surface area (Å²) in [5, 5.41) is 12.2.